The molecule has 0 aromatic carbocycles. The SMILES string of the molecule is O=S1(=O)CCCN1C1CC(O)C1. The van der Waals surface area contributed by atoms with Crippen molar-refractivity contribution < 1.29 is 13.5 Å². The highest BCUT2D eigenvalue weighted by Gasteiger charge is 2.40. The molecule has 5 heteroatoms. The second-order valence-electron chi connectivity index (χ2n) is 3.56. The minimum absolute atomic E-state index is 0.0903. The Morgan fingerprint density at radius 3 is 2.42 bits per heavy atom. The molecule has 2 fully saturated rings. The van der Waals surface area contributed by atoms with Crippen LogP contribution >= 0.6 is 0 Å². The Balaban J connectivity index is 2.05. The van der Waals surface area contributed by atoms with Gasteiger partial charge in [0.15, 0.2) is 0 Å². The van der Waals surface area contributed by atoms with E-state index in [0.717, 1.165) is 6.42 Å². The van der Waals surface area contributed by atoms with Gasteiger partial charge in [0.05, 0.1) is 11.9 Å². The van der Waals surface area contributed by atoms with Crippen LogP contribution in [0.25, 0.3) is 0 Å². The fourth-order valence-electron chi connectivity index (χ4n) is 1.86. The van der Waals surface area contributed by atoms with E-state index in [2.05, 4.69) is 0 Å². The zero-order valence-electron chi connectivity index (χ0n) is 6.81. The van der Waals surface area contributed by atoms with Gasteiger partial charge in [0, 0.05) is 12.6 Å². The third kappa shape index (κ3) is 1.26. The minimum Gasteiger partial charge on any atom is -0.393 e. The predicted octanol–water partition coefficient (Wildman–Crippen LogP) is -0.455. The molecule has 0 spiro atoms. The first-order valence-corrected chi connectivity index (χ1v) is 5.88. The molecule has 4 nitrogen and oxygen atoms in total. The third-order valence-electron chi connectivity index (χ3n) is 2.63. The highest BCUT2D eigenvalue weighted by Crippen LogP contribution is 2.30. The quantitative estimate of drug-likeness (QED) is 0.610. The number of aliphatic hydroxyl groups is 1. The summed E-state index contributed by atoms with van der Waals surface area (Å²) in [6.45, 7) is 0.653. The third-order valence-corrected chi connectivity index (χ3v) is 4.63. The summed E-state index contributed by atoms with van der Waals surface area (Å²) < 4.78 is 24.2. The summed E-state index contributed by atoms with van der Waals surface area (Å²) in [5.41, 5.74) is 0. The van der Waals surface area contributed by atoms with E-state index >= 15 is 0 Å². The molecule has 0 aromatic rings. The Morgan fingerprint density at radius 2 is 2.00 bits per heavy atom. The van der Waals surface area contributed by atoms with Crippen LogP contribution in [0.4, 0.5) is 0 Å². The van der Waals surface area contributed by atoms with Crippen molar-refractivity contribution in [2.45, 2.75) is 31.4 Å². The normalized spacial score (nSPS) is 41.1. The summed E-state index contributed by atoms with van der Waals surface area (Å²) in [6, 6.07) is 0.0903. The van der Waals surface area contributed by atoms with Crippen LogP contribution in [0.5, 0.6) is 0 Å². The Hall–Kier alpha value is -0.130. The molecule has 70 valence electrons. The maximum absolute atomic E-state index is 11.3. The lowest BCUT2D eigenvalue weighted by Gasteiger charge is -2.37. The molecule has 0 bridgehead atoms. The standard InChI is InChI=1S/C7H13NO3S/c9-7-4-6(5-7)8-2-1-3-12(8,10)11/h6-7,9H,1-5H2. The summed E-state index contributed by atoms with van der Waals surface area (Å²) in [5.74, 6) is 0.291. The maximum atomic E-state index is 11.3. The summed E-state index contributed by atoms with van der Waals surface area (Å²) in [5, 5.41) is 9.03. The fraction of sp³-hybridized carbons (Fsp3) is 1.00. The van der Waals surface area contributed by atoms with E-state index in [-0.39, 0.29) is 12.1 Å². The second-order valence-corrected chi connectivity index (χ2v) is 5.60. The minimum atomic E-state index is -2.95. The van der Waals surface area contributed by atoms with Gasteiger partial charge >= 0.3 is 0 Å². The zero-order valence-corrected chi connectivity index (χ0v) is 7.63. The maximum Gasteiger partial charge on any atom is 0.214 e. The van der Waals surface area contributed by atoms with Crippen LogP contribution in [0.2, 0.25) is 0 Å². The number of aliphatic hydroxyl groups excluding tert-OH is 1. The van der Waals surface area contributed by atoms with Crippen LogP contribution in [0.3, 0.4) is 0 Å². The number of rotatable bonds is 1. The van der Waals surface area contributed by atoms with Crippen molar-refractivity contribution in [2.24, 2.45) is 0 Å². The van der Waals surface area contributed by atoms with Gasteiger partial charge in [-0.1, -0.05) is 0 Å². The van der Waals surface area contributed by atoms with E-state index in [9.17, 15) is 8.42 Å². The molecule has 0 unspecified atom stereocenters. The molecule has 2 aliphatic rings. The van der Waals surface area contributed by atoms with Crippen molar-refractivity contribution in [1.82, 2.24) is 4.31 Å². The summed E-state index contributed by atoms with van der Waals surface area (Å²) in [7, 11) is -2.95. The van der Waals surface area contributed by atoms with Gasteiger partial charge in [-0.05, 0) is 19.3 Å². The van der Waals surface area contributed by atoms with Gasteiger partial charge in [-0.15, -0.1) is 0 Å². The molecule has 0 atom stereocenters. The van der Waals surface area contributed by atoms with Crippen molar-refractivity contribution >= 4 is 10.0 Å². The number of nitrogens with zero attached hydrogens (tertiary/aromatic N) is 1. The van der Waals surface area contributed by atoms with Crippen LogP contribution in [0.15, 0.2) is 0 Å². The van der Waals surface area contributed by atoms with Crippen molar-refractivity contribution in [2.75, 3.05) is 12.3 Å². The lowest BCUT2D eigenvalue weighted by Crippen LogP contribution is -2.47. The molecule has 0 aromatic heterocycles. The number of sulfonamides is 1. The van der Waals surface area contributed by atoms with Crippen molar-refractivity contribution in [3.63, 3.8) is 0 Å². The molecule has 1 saturated heterocycles. The smallest absolute Gasteiger partial charge is 0.214 e. The molecule has 0 radical (unpaired) electrons. The van der Waals surface area contributed by atoms with Crippen LogP contribution < -0.4 is 0 Å². The largest absolute Gasteiger partial charge is 0.393 e. The molecule has 0 amide bonds. The van der Waals surface area contributed by atoms with Crippen molar-refractivity contribution in [3.8, 4) is 0 Å². The molecule has 2 rings (SSSR count). The van der Waals surface area contributed by atoms with Gasteiger partial charge in [0.25, 0.3) is 0 Å². The van der Waals surface area contributed by atoms with Gasteiger partial charge in [0.2, 0.25) is 10.0 Å². The highest BCUT2D eigenvalue weighted by atomic mass is 32.2. The second kappa shape index (κ2) is 2.68. The average molecular weight is 191 g/mol. The molecule has 1 heterocycles. The van der Waals surface area contributed by atoms with Gasteiger partial charge in [-0.25, -0.2) is 8.42 Å². The van der Waals surface area contributed by atoms with Gasteiger partial charge < -0.3 is 5.11 Å². The monoisotopic (exact) mass is 191 g/mol. The van der Waals surface area contributed by atoms with E-state index in [4.69, 9.17) is 5.11 Å². The first-order valence-electron chi connectivity index (χ1n) is 4.27. The van der Waals surface area contributed by atoms with Gasteiger partial charge in [0.1, 0.15) is 0 Å². The Kier molecular flexibility index (Phi) is 1.89. The molecule has 1 aliphatic carbocycles. The van der Waals surface area contributed by atoms with E-state index in [1.807, 2.05) is 0 Å². The van der Waals surface area contributed by atoms with Crippen LogP contribution in [0, 0.1) is 0 Å². The molecule has 1 N–H and O–H groups in total. The molecule has 1 saturated carbocycles. The number of hydrogen-bond acceptors (Lipinski definition) is 3. The summed E-state index contributed by atoms with van der Waals surface area (Å²) >= 11 is 0. The van der Waals surface area contributed by atoms with Gasteiger partial charge in [-0.2, -0.15) is 4.31 Å². The summed E-state index contributed by atoms with van der Waals surface area (Å²) in [6.07, 6.45) is 1.72. The first-order chi connectivity index (χ1) is 5.59. The van der Waals surface area contributed by atoms with Crippen LogP contribution in [-0.4, -0.2) is 42.3 Å². The Morgan fingerprint density at radius 1 is 1.33 bits per heavy atom. The topological polar surface area (TPSA) is 57.6 Å². The van der Waals surface area contributed by atoms with E-state index < -0.39 is 10.0 Å². The summed E-state index contributed by atoms with van der Waals surface area (Å²) in [4.78, 5) is 0. The van der Waals surface area contributed by atoms with Crippen molar-refractivity contribution in [1.29, 1.82) is 0 Å². The fourth-order valence-corrected chi connectivity index (χ4v) is 3.63. The molecule has 1 aliphatic heterocycles. The molecular weight excluding hydrogens is 178 g/mol. The molecular formula is C7H13NO3S. The Labute approximate surface area is 72.2 Å². The lowest BCUT2D eigenvalue weighted by molar-refractivity contribution is 0.0355. The zero-order chi connectivity index (χ0) is 8.77. The first kappa shape index (κ1) is 8.47. The number of hydrogen-bond donors (Lipinski definition) is 1. The van der Waals surface area contributed by atoms with E-state index in [1.54, 1.807) is 4.31 Å². The van der Waals surface area contributed by atoms with Crippen LogP contribution in [0.1, 0.15) is 19.3 Å². The Bertz CT molecular complexity index is 268. The van der Waals surface area contributed by atoms with Crippen molar-refractivity contribution in [3.05, 3.63) is 0 Å². The average Bonchev–Trinajstić information content (AvgIpc) is 2.23. The molecule has 12 heavy (non-hydrogen) atoms. The van der Waals surface area contributed by atoms with E-state index in [1.165, 1.54) is 0 Å². The van der Waals surface area contributed by atoms with Gasteiger partial charge in [-0.3, -0.25) is 0 Å². The predicted molar refractivity (Wildman–Crippen MR) is 44.1 cm³/mol. The van der Waals surface area contributed by atoms with E-state index in [0.29, 0.717) is 25.1 Å². The van der Waals surface area contributed by atoms with Crippen LogP contribution in [-0.2, 0) is 10.0 Å². The lowest BCUT2D eigenvalue weighted by atomic mass is 9.89. The highest BCUT2D eigenvalue weighted by molar-refractivity contribution is 7.89.